The molecule has 0 atom stereocenters. The fourth-order valence-electron chi connectivity index (χ4n) is 2.28. The summed E-state index contributed by atoms with van der Waals surface area (Å²) in [5.41, 5.74) is 0.330. The zero-order chi connectivity index (χ0) is 14.5. The van der Waals surface area contributed by atoms with Crippen molar-refractivity contribution in [3.63, 3.8) is 0 Å². The van der Waals surface area contributed by atoms with E-state index in [0.29, 0.717) is 18.8 Å². The van der Waals surface area contributed by atoms with Gasteiger partial charge in [0.2, 0.25) is 0 Å². The van der Waals surface area contributed by atoms with Crippen molar-refractivity contribution in [2.75, 3.05) is 24.5 Å². The minimum absolute atomic E-state index is 0.226. The number of carbonyl (C=O) groups excluding carboxylic acids is 1. The van der Waals surface area contributed by atoms with Crippen molar-refractivity contribution in [3.05, 3.63) is 30.5 Å². The number of rotatable bonds is 5. The summed E-state index contributed by atoms with van der Waals surface area (Å²) in [7, 11) is 0. The number of aromatic nitrogens is 5. The molecule has 2 aromatic heterocycles. The molecule has 110 valence electrons. The van der Waals surface area contributed by atoms with Crippen LogP contribution >= 0.6 is 0 Å². The van der Waals surface area contributed by atoms with Gasteiger partial charge in [-0.1, -0.05) is 0 Å². The van der Waals surface area contributed by atoms with Crippen molar-refractivity contribution in [2.24, 2.45) is 0 Å². The second-order valence-corrected chi connectivity index (χ2v) is 4.89. The lowest BCUT2D eigenvalue weighted by atomic mass is 10.3. The van der Waals surface area contributed by atoms with Gasteiger partial charge in [0.05, 0.1) is 6.54 Å². The highest BCUT2D eigenvalue weighted by Gasteiger charge is 2.15. The number of amides is 1. The van der Waals surface area contributed by atoms with E-state index >= 15 is 0 Å². The second-order valence-electron chi connectivity index (χ2n) is 4.89. The zero-order valence-electron chi connectivity index (χ0n) is 11.6. The van der Waals surface area contributed by atoms with Gasteiger partial charge in [-0.3, -0.25) is 9.48 Å². The van der Waals surface area contributed by atoms with E-state index in [1.807, 2.05) is 6.07 Å². The average Bonchev–Trinajstić information content (AvgIpc) is 3.21. The lowest BCUT2D eigenvalue weighted by Crippen LogP contribution is -2.28. The molecule has 3 heterocycles. The lowest BCUT2D eigenvalue weighted by molar-refractivity contribution is 0.0946. The topological polar surface area (TPSA) is 88.8 Å². The van der Waals surface area contributed by atoms with Crippen LogP contribution in [0.3, 0.4) is 0 Å². The van der Waals surface area contributed by atoms with Crippen LogP contribution in [-0.4, -0.2) is 50.5 Å². The highest BCUT2D eigenvalue weighted by atomic mass is 16.1. The molecule has 1 fully saturated rings. The maximum absolute atomic E-state index is 11.9. The number of nitrogens with zero attached hydrogens (tertiary/aromatic N) is 6. The van der Waals surface area contributed by atoms with Gasteiger partial charge < -0.3 is 10.2 Å². The van der Waals surface area contributed by atoms with Crippen LogP contribution in [-0.2, 0) is 6.54 Å². The summed E-state index contributed by atoms with van der Waals surface area (Å²) < 4.78 is 1.66. The summed E-state index contributed by atoms with van der Waals surface area (Å²) in [6, 6.07) is 3.57. The van der Waals surface area contributed by atoms with Crippen LogP contribution in [0.5, 0.6) is 0 Å². The van der Waals surface area contributed by atoms with E-state index in [9.17, 15) is 4.79 Å². The van der Waals surface area contributed by atoms with Crippen LogP contribution in [0.1, 0.15) is 23.3 Å². The fraction of sp³-hybridized carbons (Fsp3) is 0.462. The standard InChI is InChI=1S/C13H17N7O/c21-13(15-5-8-20-10-14-9-16-20)11-3-4-12(18-17-11)19-6-1-2-7-19/h3-4,9-10H,1-2,5-8H2,(H,15,21). The molecule has 21 heavy (non-hydrogen) atoms. The van der Waals surface area contributed by atoms with E-state index < -0.39 is 0 Å². The third kappa shape index (κ3) is 3.33. The van der Waals surface area contributed by atoms with Crippen LogP contribution in [0.15, 0.2) is 24.8 Å². The molecule has 8 nitrogen and oxygen atoms in total. The molecule has 8 heteroatoms. The Labute approximate surface area is 122 Å². The van der Waals surface area contributed by atoms with E-state index in [2.05, 4.69) is 30.5 Å². The van der Waals surface area contributed by atoms with Crippen LogP contribution in [0.25, 0.3) is 0 Å². The maximum atomic E-state index is 11.9. The first-order chi connectivity index (χ1) is 10.3. The Kier molecular flexibility index (Phi) is 4.04. The molecule has 1 aliphatic rings. The van der Waals surface area contributed by atoms with Crippen molar-refractivity contribution in [3.8, 4) is 0 Å². The third-order valence-corrected chi connectivity index (χ3v) is 3.41. The zero-order valence-corrected chi connectivity index (χ0v) is 11.6. The first-order valence-corrected chi connectivity index (χ1v) is 7.02. The predicted octanol–water partition coefficient (Wildman–Crippen LogP) is 0.0983. The minimum atomic E-state index is -0.226. The van der Waals surface area contributed by atoms with Gasteiger partial charge in [-0.05, 0) is 25.0 Å². The molecular weight excluding hydrogens is 270 g/mol. The Morgan fingerprint density at radius 1 is 1.24 bits per heavy atom. The summed E-state index contributed by atoms with van der Waals surface area (Å²) in [4.78, 5) is 18.0. The molecule has 1 N–H and O–H groups in total. The van der Waals surface area contributed by atoms with Crippen LogP contribution in [0, 0.1) is 0 Å². The van der Waals surface area contributed by atoms with Crippen LogP contribution < -0.4 is 10.2 Å². The van der Waals surface area contributed by atoms with Crippen molar-refractivity contribution < 1.29 is 4.79 Å². The van der Waals surface area contributed by atoms with E-state index in [1.54, 1.807) is 17.1 Å². The van der Waals surface area contributed by atoms with Gasteiger partial charge in [-0.15, -0.1) is 10.2 Å². The number of anilines is 1. The van der Waals surface area contributed by atoms with Gasteiger partial charge in [0, 0.05) is 19.6 Å². The summed E-state index contributed by atoms with van der Waals surface area (Å²) in [6.45, 7) is 3.07. The molecule has 0 spiro atoms. The van der Waals surface area contributed by atoms with Gasteiger partial charge in [0.1, 0.15) is 12.7 Å². The lowest BCUT2D eigenvalue weighted by Gasteiger charge is -2.15. The molecule has 0 bridgehead atoms. The molecule has 0 radical (unpaired) electrons. The fourth-order valence-corrected chi connectivity index (χ4v) is 2.28. The molecule has 0 aromatic carbocycles. The van der Waals surface area contributed by atoms with Gasteiger partial charge in [0.15, 0.2) is 11.5 Å². The van der Waals surface area contributed by atoms with Crippen LogP contribution in [0.2, 0.25) is 0 Å². The Hall–Kier alpha value is -2.51. The molecular formula is C13H17N7O. The molecule has 0 aliphatic carbocycles. The molecule has 0 unspecified atom stereocenters. The van der Waals surface area contributed by atoms with E-state index in [4.69, 9.17) is 0 Å². The Balaban J connectivity index is 1.52. The van der Waals surface area contributed by atoms with Crippen molar-refractivity contribution in [2.45, 2.75) is 19.4 Å². The Morgan fingerprint density at radius 3 is 2.76 bits per heavy atom. The summed E-state index contributed by atoms with van der Waals surface area (Å²) >= 11 is 0. The second kappa shape index (κ2) is 6.29. The highest BCUT2D eigenvalue weighted by molar-refractivity contribution is 5.92. The normalized spacial score (nSPS) is 14.4. The van der Waals surface area contributed by atoms with Gasteiger partial charge in [-0.2, -0.15) is 5.10 Å². The molecule has 1 amide bonds. The molecule has 2 aromatic rings. The summed E-state index contributed by atoms with van der Waals surface area (Å²) in [5.74, 6) is 0.613. The number of carbonyl (C=O) groups is 1. The summed E-state index contributed by atoms with van der Waals surface area (Å²) in [5, 5.41) is 14.9. The van der Waals surface area contributed by atoms with Crippen LogP contribution in [0.4, 0.5) is 5.82 Å². The molecule has 1 saturated heterocycles. The minimum Gasteiger partial charge on any atom is -0.355 e. The van der Waals surface area contributed by atoms with Crippen molar-refractivity contribution >= 4 is 11.7 Å². The maximum Gasteiger partial charge on any atom is 0.271 e. The monoisotopic (exact) mass is 287 g/mol. The average molecular weight is 287 g/mol. The third-order valence-electron chi connectivity index (χ3n) is 3.41. The quantitative estimate of drug-likeness (QED) is 0.839. The first-order valence-electron chi connectivity index (χ1n) is 7.02. The first kappa shape index (κ1) is 13.5. The van der Waals surface area contributed by atoms with E-state index in [-0.39, 0.29) is 5.91 Å². The number of hydrogen-bond acceptors (Lipinski definition) is 6. The Morgan fingerprint density at radius 2 is 2.10 bits per heavy atom. The Bertz CT molecular complexity index is 575. The van der Waals surface area contributed by atoms with Gasteiger partial charge >= 0.3 is 0 Å². The largest absolute Gasteiger partial charge is 0.355 e. The van der Waals surface area contributed by atoms with Gasteiger partial charge in [0.25, 0.3) is 5.91 Å². The van der Waals surface area contributed by atoms with Crippen molar-refractivity contribution in [1.29, 1.82) is 0 Å². The molecule has 1 aliphatic heterocycles. The number of nitrogens with one attached hydrogen (secondary N) is 1. The summed E-state index contributed by atoms with van der Waals surface area (Å²) in [6.07, 6.45) is 5.44. The van der Waals surface area contributed by atoms with E-state index in [0.717, 1.165) is 18.9 Å². The SMILES string of the molecule is O=C(NCCn1cncn1)c1ccc(N2CCCC2)nn1. The molecule has 3 rings (SSSR count). The number of hydrogen-bond donors (Lipinski definition) is 1. The predicted molar refractivity (Wildman–Crippen MR) is 75.8 cm³/mol. The highest BCUT2D eigenvalue weighted by Crippen LogP contribution is 2.16. The van der Waals surface area contributed by atoms with Crippen molar-refractivity contribution in [1.82, 2.24) is 30.3 Å². The van der Waals surface area contributed by atoms with E-state index in [1.165, 1.54) is 19.2 Å². The smallest absolute Gasteiger partial charge is 0.271 e. The molecule has 0 saturated carbocycles. The van der Waals surface area contributed by atoms with Gasteiger partial charge in [-0.25, -0.2) is 4.98 Å².